The monoisotopic (exact) mass is 361 g/mol. The van der Waals surface area contributed by atoms with Crippen LogP contribution in [0.1, 0.15) is 33.2 Å². The summed E-state index contributed by atoms with van der Waals surface area (Å²) in [4.78, 5) is 24.0. The molecule has 0 saturated carbocycles. The molecule has 0 atom stereocenters. The van der Waals surface area contributed by atoms with Crippen molar-refractivity contribution in [3.8, 4) is 0 Å². The lowest BCUT2D eigenvalue weighted by molar-refractivity contribution is 0.0526. The minimum absolute atomic E-state index is 0.225. The van der Waals surface area contributed by atoms with E-state index in [9.17, 15) is 9.59 Å². The summed E-state index contributed by atoms with van der Waals surface area (Å²) in [6.07, 6.45) is 0. The van der Waals surface area contributed by atoms with Crippen LogP contribution in [0.15, 0.2) is 46.9 Å². The smallest absolute Gasteiger partial charge is 0.338 e. The standard InChI is InChI=1S/C17H16BrNO3/c1-3-22-17(21)13-5-4-11(2)15(10-13)19-16(20)12-6-8-14(18)9-7-12/h4-10H,3H2,1-2H3,(H,19,20). The van der Waals surface area contributed by atoms with E-state index in [1.54, 1.807) is 49.4 Å². The first-order chi connectivity index (χ1) is 10.5. The Morgan fingerprint density at radius 3 is 2.36 bits per heavy atom. The summed E-state index contributed by atoms with van der Waals surface area (Å²) in [6, 6.07) is 12.2. The van der Waals surface area contributed by atoms with E-state index in [4.69, 9.17) is 4.74 Å². The van der Waals surface area contributed by atoms with Crippen LogP contribution in [-0.2, 0) is 4.74 Å². The van der Waals surface area contributed by atoms with Gasteiger partial charge in [0, 0.05) is 15.7 Å². The van der Waals surface area contributed by atoms with Gasteiger partial charge in [0.1, 0.15) is 0 Å². The summed E-state index contributed by atoms with van der Waals surface area (Å²) in [5, 5.41) is 2.82. The first-order valence-corrected chi connectivity index (χ1v) is 7.65. The number of hydrogen-bond acceptors (Lipinski definition) is 3. The number of amides is 1. The van der Waals surface area contributed by atoms with Crippen molar-refractivity contribution >= 4 is 33.5 Å². The number of halogens is 1. The maximum Gasteiger partial charge on any atom is 0.338 e. The molecule has 1 N–H and O–H groups in total. The predicted molar refractivity (Wildman–Crippen MR) is 89.2 cm³/mol. The lowest BCUT2D eigenvalue weighted by atomic mass is 10.1. The SMILES string of the molecule is CCOC(=O)c1ccc(C)c(NC(=O)c2ccc(Br)cc2)c1. The third-order valence-corrected chi connectivity index (χ3v) is 3.63. The van der Waals surface area contributed by atoms with E-state index in [2.05, 4.69) is 21.2 Å². The van der Waals surface area contributed by atoms with Gasteiger partial charge >= 0.3 is 5.97 Å². The van der Waals surface area contributed by atoms with E-state index in [0.29, 0.717) is 23.4 Å². The maximum absolute atomic E-state index is 12.2. The molecule has 0 aliphatic rings. The van der Waals surface area contributed by atoms with Crippen molar-refractivity contribution in [2.24, 2.45) is 0 Å². The Bertz CT molecular complexity index is 696. The highest BCUT2D eigenvalue weighted by atomic mass is 79.9. The van der Waals surface area contributed by atoms with Crippen molar-refractivity contribution in [2.75, 3.05) is 11.9 Å². The van der Waals surface area contributed by atoms with Crippen LogP contribution >= 0.6 is 15.9 Å². The second-order valence-corrected chi connectivity index (χ2v) is 5.63. The Morgan fingerprint density at radius 1 is 1.09 bits per heavy atom. The molecule has 0 bridgehead atoms. The van der Waals surface area contributed by atoms with Crippen LogP contribution < -0.4 is 5.32 Å². The molecular formula is C17H16BrNO3. The summed E-state index contributed by atoms with van der Waals surface area (Å²) in [5.74, 6) is -0.627. The van der Waals surface area contributed by atoms with Crippen LogP contribution in [0.4, 0.5) is 5.69 Å². The number of carbonyl (C=O) groups excluding carboxylic acids is 2. The lowest BCUT2D eigenvalue weighted by Gasteiger charge is -2.10. The van der Waals surface area contributed by atoms with E-state index in [0.717, 1.165) is 10.0 Å². The Hall–Kier alpha value is -2.14. The normalized spacial score (nSPS) is 10.1. The van der Waals surface area contributed by atoms with E-state index >= 15 is 0 Å². The van der Waals surface area contributed by atoms with Gasteiger partial charge in [-0.2, -0.15) is 0 Å². The Balaban J connectivity index is 2.21. The zero-order valence-electron chi connectivity index (χ0n) is 12.4. The molecule has 114 valence electrons. The molecule has 0 saturated heterocycles. The number of rotatable bonds is 4. The third-order valence-electron chi connectivity index (χ3n) is 3.10. The average Bonchev–Trinajstić information content (AvgIpc) is 2.50. The third kappa shape index (κ3) is 3.95. The molecule has 0 heterocycles. The van der Waals surface area contributed by atoms with Gasteiger partial charge < -0.3 is 10.1 Å². The van der Waals surface area contributed by atoms with E-state index in [-0.39, 0.29) is 5.91 Å². The molecule has 0 aliphatic heterocycles. The van der Waals surface area contributed by atoms with Crippen molar-refractivity contribution in [1.82, 2.24) is 0 Å². The van der Waals surface area contributed by atoms with Crippen molar-refractivity contribution in [3.05, 3.63) is 63.6 Å². The highest BCUT2D eigenvalue weighted by molar-refractivity contribution is 9.10. The number of benzene rings is 2. The first kappa shape index (κ1) is 16.2. The number of nitrogens with one attached hydrogen (secondary N) is 1. The zero-order valence-corrected chi connectivity index (χ0v) is 13.9. The van der Waals surface area contributed by atoms with Crippen LogP contribution in [0.5, 0.6) is 0 Å². The highest BCUT2D eigenvalue weighted by Gasteiger charge is 2.12. The molecule has 2 aromatic carbocycles. The van der Waals surface area contributed by atoms with Crippen LogP contribution in [0.2, 0.25) is 0 Å². The number of esters is 1. The molecule has 4 nitrogen and oxygen atoms in total. The molecule has 0 fully saturated rings. The molecule has 0 aliphatic carbocycles. The van der Waals surface area contributed by atoms with Gasteiger partial charge in [0.25, 0.3) is 5.91 Å². The van der Waals surface area contributed by atoms with Gasteiger partial charge in [-0.25, -0.2) is 4.79 Å². The molecule has 2 aromatic rings. The Labute approximate surface area is 137 Å². The van der Waals surface area contributed by atoms with Crippen molar-refractivity contribution in [3.63, 3.8) is 0 Å². The fourth-order valence-corrected chi connectivity index (χ4v) is 2.16. The summed E-state index contributed by atoms with van der Waals surface area (Å²) in [5.41, 5.74) is 2.43. The highest BCUT2D eigenvalue weighted by Crippen LogP contribution is 2.19. The number of hydrogen-bond donors (Lipinski definition) is 1. The second kappa shape index (κ2) is 7.22. The van der Waals surface area contributed by atoms with Crippen molar-refractivity contribution in [1.29, 1.82) is 0 Å². The fourth-order valence-electron chi connectivity index (χ4n) is 1.89. The number of carbonyl (C=O) groups is 2. The van der Waals surface area contributed by atoms with Crippen LogP contribution in [-0.4, -0.2) is 18.5 Å². The van der Waals surface area contributed by atoms with Crippen LogP contribution in [0.3, 0.4) is 0 Å². The van der Waals surface area contributed by atoms with E-state index in [1.807, 2.05) is 6.92 Å². The minimum atomic E-state index is -0.401. The molecular weight excluding hydrogens is 346 g/mol. The van der Waals surface area contributed by atoms with Crippen molar-refractivity contribution < 1.29 is 14.3 Å². The van der Waals surface area contributed by atoms with Gasteiger partial charge in [0.2, 0.25) is 0 Å². The molecule has 0 spiro atoms. The zero-order chi connectivity index (χ0) is 16.1. The summed E-state index contributed by atoms with van der Waals surface area (Å²) < 4.78 is 5.88. The van der Waals surface area contributed by atoms with Crippen LogP contribution in [0.25, 0.3) is 0 Å². The first-order valence-electron chi connectivity index (χ1n) is 6.86. The Morgan fingerprint density at radius 2 is 1.73 bits per heavy atom. The van der Waals surface area contributed by atoms with Gasteiger partial charge in [-0.15, -0.1) is 0 Å². The van der Waals surface area contributed by atoms with Crippen molar-refractivity contribution in [2.45, 2.75) is 13.8 Å². The molecule has 1 amide bonds. The quantitative estimate of drug-likeness (QED) is 0.830. The van der Waals surface area contributed by atoms with E-state index < -0.39 is 5.97 Å². The summed E-state index contributed by atoms with van der Waals surface area (Å²) >= 11 is 3.33. The van der Waals surface area contributed by atoms with Gasteiger partial charge in [-0.05, 0) is 55.8 Å². The average molecular weight is 362 g/mol. The Kier molecular flexibility index (Phi) is 5.33. The largest absolute Gasteiger partial charge is 0.462 e. The van der Waals surface area contributed by atoms with Gasteiger partial charge in [-0.1, -0.05) is 22.0 Å². The molecule has 2 rings (SSSR count). The molecule has 22 heavy (non-hydrogen) atoms. The molecule has 5 heteroatoms. The van der Waals surface area contributed by atoms with Gasteiger partial charge in [0.05, 0.1) is 12.2 Å². The number of aryl methyl sites for hydroxylation is 1. The maximum atomic E-state index is 12.2. The minimum Gasteiger partial charge on any atom is -0.462 e. The molecule has 0 radical (unpaired) electrons. The van der Waals surface area contributed by atoms with Crippen LogP contribution in [0, 0.1) is 6.92 Å². The fraction of sp³-hybridized carbons (Fsp3) is 0.176. The molecule has 0 aromatic heterocycles. The predicted octanol–water partition coefficient (Wildman–Crippen LogP) is 4.19. The summed E-state index contributed by atoms with van der Waals surface area (Å²) in [6.45, 7) is 3.93. The number of ether oxygens (including phenoxy) is 1. The summed E-state index contributed by atoms with van der Waals surface area (Å²) in [7, 11) is 0. The molecule has 0 unspecified atom stereocenters. The van der Waals surface area contributed by atoms with Gasteiger partial charge in [0.15, 0.2) is 0 Å². The second-order valence-electron chi connectivity index (χ2n) is 4.71. The lowest BCUT2D eigenvalue weighted by Crippen LogP contribution is -2.13. The number of anilines is 1. The topological polar surface area (TPSA) is 55.4 Å². The van der Waals surface area contributed by atoms with E-state index in [1.165, 1.54) is 0 Å². The van der Waals surface area contributed by atoms with Gasteiger partial charge in [-0.3, -0.25) is 4.79 Å².